The molecule has 5 rings (SSSR count). The van der Waals surface area contributed by atoms with Crippen molar-refractivity contribution in [3.8, 4) is 6.07 Å². The Hall–Kier alpha value is -3.18. The minimum atomic E-state index is -3.73. The number of hydrogen-bond acceptors (Lipinski definition) is 5. The molecule has 146 valence electrons. The third kappa shape index (κ3) is 2.89. The minimum Gasteiger partial charge on any atom is -0.340 e. The first kappa shape index (κ1) is 17.9. The van der Waals surface area contributed by atoms with E-state index in [2.05, 4.69) is 16.0 Å². The molecule has 1 N–H and O–H groups in total. The number of pyridine rings is 1. The van der Waals surface area contributed by atoms with Crippen LogP contribution < -0.4 is 0 Å². The van der Waals surface area contributed by atoms with Gasteiger partial charge < -0.3 is 4.98 Å². The number of imidazole rings is 1. The van der Waals surface area contributed by atoms with Gasteiger partial charge in [0, 0.05) is 23.4 Å². The summed E-state index contributed by atoms with van der Waals surface area (Å²) in [7, 11) is -3.73. The first-order chi connectivity index (χ1) is 14.1. The zero-order valence-corrected chi connectivity index (χ0v) is 16.4. The third-order valence-corrected chi connectivity index (χ3v) is 7.42. The lowest BCUT2D eigenvalue weighted by atomic mass is 9.82. The summed E-state index contributed by atoms with van der Waals surface area (Å²) in [4.78, 5) is 12.8. The van der Waals surface area contributed by atoms with Gasteiger partial charge in [-0.15, -0.1) is 0 Å². The Kier molecular flexibility index (Phi) is 4.14. The number of rotatable bonds is 3. The van der Waals surface area contributed by atoms with Crippen molar-refractivity contribution in [1.82, 2.24) is 18.9 Å². The van der Waals surface area contributed by atoms with Crippen LogP contribution in [-0.4, -0.2) is 27.3 Å². The highest BCUT2D eigenvalue weighted by atomic mass is 32.2. The fraction of sp³-hybridized carbons (Fsp3) is 0.286. The van der Waals surface area contributed by atoms with Crippen molar-refractivity contribution >= 4 is 32.1 Å². The molecule has 7 nitrogen and oxygen atoms in total. The molecule has 0 saturated heterocycles. The molecule has 1 saturated carbocycles. The molecule has 1 fully saturated rings. The van der Waals surface area contributed by atoms with Crippen LogP contribution in [0.15, 0.2) is 53.7 Å². The second-order valence-electron chi connectivity index (χ2n) is 7.49. The number of nitrogens with one attached hydrogen (secondary N) is 1. The van der Waals surface area contributed by atoms with E-state index in [1.165, 1.54) is 10.2 Å². The van der Waals surface area contributed by atoms with Gasteiger partial charge in [0.2, 0.25) is 0 Å². The fourth-order valence-corrected chi connectivity index (χ4v) is 5.46. The molecule has 29 heavy (non-hydrogen) atoms. The van der Waals surface area contributed by atoms with Crippen LogP contribution in [0.3, 0.4) is 0 Å². The van der Waals surface area contributed by atoms with Crippen LogP contribution in [0.4, 0.5) is 0 Å². The molecule has 0 aliphatic heterocycles. The van der Waals surface area contributed by atoms with Gasteiger partial charge in [-0.1, -0.05) is 18.2 Å². The molecule has 3 heterocycles. The van der Waals surface area contributed by atoms with Crippen LogP contribution >= 0.6 is 0 Å². The van der Waals surface area contributed by atoms with Crippen LogP contribution in [0, 0.1) is 17.2 Å². The number of aromatic nitrogens is 4. The normalized spacial score (nSPS) is 20.1. The van der Waals surface area contributed by atoms with Gasteiger partial charge in [-0.05, 0) is 43.9 Å². The van der Waals surface area contributed by atoms with Crippen LogP contribution in [0.1, 0.15) is 37.4 Å². The topological polar surface area (TPSA) is 104 Å². The molecule has 3 aromatic heterocycles. The summed E-state index contributed by atoms with van der Waals surface area (Å²) < 4.78 is 27.3. The number of H-pyrrole nitrogens is 1. The number of nitriles is 1. The van der Waals surface area contributed by atoms with E-state index in [9.17, 15) is 8.42 Å². The number of hydrogen-bond donors (Lipinski definition) is 1. The predicted octanol–water partition coefficient (Wildman–Crippen LogP) is 3.95. The van der Waals surface area contributed by atoms with Crippen molar-refractivity contribution in [2.24, 2.45) is 5.92 Å². The highest BCUT2D eigenvalue weighted by Gasteiger charge is 2.26. The summed E-state index contributed by atoms with van der Waals surface area (Å²) in [6.45, 7) is 0. The first-order valence-corrected chi connectivity index (χ1v) is 11.1. The Morgan fingerprint density at radius 2 is 1.86 bits per heavy atom. The van der Waals surface area contributed by atoms with Crippen molar-refractivity contribution in [2.45, 2.75) is 36.5 Å². The van der Waals surface area contributed by atoms with E-state index in [0.29, 0.717) is 11.0 Å². The summed E-state index contributed by atoms with van der Waals surface area (Å²) in [5.41, 5.74) is 1.90. The number of fused-ring (bicyclic) bond motifs is 3. The van der Waals surface area contributed by atoms with Gasteiger partial charge >= 0.3 is 0 Å². The van der Waals surface area contributed by atoms with Gasteiger partial charge in [0.1, 0.15) is 11.3 Å². The van der Waals surface area contributed by atoms with Crippen LogP contribution in [0.2, 0.25) is 0 Å². The SMILES string of the molecule is N#CC1CCC(c2nc3c(cnc4c3ccn4S(=O)(=O)c3ccccc3)[nH]2)CC1. The summed E-state index contributed by atoms with van der Waals surface area (Å²) in [6, 6.07) is 12.4. The van der Waals surface area contributed by atoms with Gasteiger partial charge in [0.15, 0.2) is 5.65 Å². The number of aromatic amines is 1. The second kappa shape index (κ2) is 6.71. The third-order valence-electron chi connectivity index (χ3n) is 5.74. The van der Waals surface area contributed by atoms with Gasteiger partial charge in [0.25, 0.3) is 10.0 Å². The van der Waals surface area contributed by atoms with Gasteiger partial charge in [-0.25, -0.2) is 22.4 Å². The molecule has 0 radical (unpaired) electrons. The maximum Gasteiger partial charge on any atom is 0.269 e. The second-order valence-corrected chi connectivity index (χ2v) is 9.30. The molecule has 0 atom stereocenters. The molecule has 0 bridgehead atoms. The van der Waals surface area contributed by atoms with Crippen molar-refractivity contribution < 1.29 is 8.42 Å². The molecule has 4 aromatic rings. The Morgan fingerprint density at radius 3 is 2.59 bits per heavy atom. The molecule has 8 heteroatoms. The summed E-state index contributed by atoms with van der Waals surface area (Å²) in [6.07, 6.45) is 6.81. The lowest BCUT2D eigenvalue weighted by Gasteiger charge is -2.22. The van der Waals surface area contributed by atoms with Crippen LogP contribution in [0.25, 0.3) is 22.1 Å². The lowest BCUT2D eigenvalue weighted by Crippen LogP contribution is -2.12. The lowest BCUT2D eigenvalue weighted by molar-refractivity contribution is 0.374. The maximum absolute atomic E-state index is 13.0. The zero-order chi connectivity index (χ0) is 20.0. The zero-order valence-electron chi connectivity index (χ0n) is 15.6. The van der Waals surface area contributed by atoms with Gasteiger partial charge in [-0.2, -0.15) is 5.26 Å². The average molecular weight is 405 g/mol. The van der Waals surface area contributed by atoms with Crippen molar-refractivity contribution in [1.29, 1.82) is 5.26 Å². The summed E-state index contributed by atoms with van der Waals surface area (Å²) in [5, 5.41) is 9.80. The highest BCUT2D eigenvalue weighted by Crippen LogP contribution is 2.36. The van der Waals surface area contributed by atoms with Crippen molar-refractivity contribution in [3.63, 3.8) is 0 Å². The average Bonchev–Trinajstić information content (AvgIpc) is 3.38. The van der Waals surface area contributed by atoms with E-state index in [4.69, 9.17) is 10.2 Å². The van der Waals surface area contributed by atoms with E-state index >= 15 is 0 Å². The number of nitrogens with zero attached hydrogens (tertiary/aromatic N) is 4. The van der Waals surface area contributed by atoms with E-state index in [1.54, 1.807) is 42.6 Å². The quantitative estimate of drug-likeness (QED) is 0.556. The Labute approximate surface area is 168 Å². The summed E-state index contributed by atoms with van der Waals surface area (Å²) >= 11 is 0. The van der Waals surface area contributed by atoms with E-state index in [0.717, 1.165) is 42.5 Å². The Bertz CT molecular complexity index is 1340. The largest absolute Gasteiger partial charge is 0.340 e. The maximum atomic E-state index is 13.0. The summed E-state index contributed by atoms with van der Waals surface area (Å²) in [5.74, 6) is 1.32. The van der Waals surface area contributed by atoms with Crippen LogP contribution in [0.5, 0.6) is 0 Å². The molecule has 0 unspecified atom stereocenters. The highest BCUT2D eigenvalue weighted by molar-refractivity contribution is 7.90. The minimum absolute atomic E-state index is 0.140. The van der Waals surface area contributed by atoms with Gasteiger partial charge in [0.05, 0.1) is 22.7 Å². The molecule has 1 aliphatic rings. The molecule has 1 aliphatic carbocycles. The smallest absolute Gasteiger partial charge is 0.269 e. The molecule has 1 aromatic carbocycles. The standard InChI is InChI=1S/C21H19N5O2S/c22-12-14-6-8-15(9-7-14)20-24-18-13-23-21-17(19(18)25-20)10-11-26(21)29(27,28)16-4-2-1-3-5-16/h1-5,10-11,13-15H,6-9H2,(H,24,25). The van der Waals surface area contributed by atoms with Crippen molar-refractivity contribution in [2.75, 3.05) is 0 Å². The van der Waals surface area contributed by atoms with E-state index in [-0.39, 0.29) is 16.7 Å². The predicted molar refractivity (Wildman–Crippen MR) is 109 cm³/mol. The molecular weight excluding hydrogens is 386 g/mol. The van der Waals surface area contributed by atoms with E-state index < -0.39 is 10.0 Å². The van der Waals surface area contributed by atoms with Gasteiger partial charge in [-0.3, -0.25) is 0 Å². The first-order valence-electron chi connectivity index (χ1n) is 9.64. The Morgan fingerprint density at radius 1 is 1.10 bits per heavy atom. The monoisotopic (exact) mass is 405 g/mol. The van der Waals surface area contributed by atoms with E-state index in [1.807, 2.05) is 0 Å². The van der Waals surface area contributed by atoms with Crippen LogP contribution in [-0.2, 0) is 10.0 Å². The van der Waals surface area contributed by atoms with Crippen molar-refractivity contribution in [3.05, 3.63) is 54.6 Å². The molecular formula is C21H19N5O2S. The molecule has 0 spiro atoms. The number of benzene rings is 1. The Balaban J connectivity index is 1.57. The fourth-order valence-electron chi connectivity index (χ4n) is 4.14. The molecule has 0 amide bonds.